The second-order valence-electron chi connectivity index (χ2n) is 5.81. The van der Waals surface area contributed by atoms with Crippen molar-refractivity contribution in [1.82, 2.24) is 9.80 Å². The molecule has 4 fully saturated rings. The molecule has 0 atom stereocenters. The van der Waals surface area contributed by atoms with Crippen LogP contribution in [0.1, 0.15) is 19.3 Å². The minimum absolute atomic E-state index is 0.986. The van der Waals surface area contributed by atoms with E-state index in [1.807, 2.05) is 0 Å². The zero-order chi connectivity index (χ0) is 10.8. The lowest BCUT2D eigenvalue weighted by Gasteiger charge is -2.46. The van der Waals surface area contributed by atoms with E-state index in [-0.39, 0.29) is 0 Å². The van der Waals surface area contributed by atoms with Crippen LogP contribution < -0.4 is 0 Å². The quantitative estimate of drug-likeness (QED) is 0.637. The first kappa shape index (κ1) is 11.4. The Bertz CT molecular complexity index is 196. The Morgan fingerprint density at radius 2 is 1.25 bits per heavy atom. The smallest absolute Gasteiger partial charge is 0.00221 e. The predicted octanol–water partition coefficient (Wildman–Crippen LogP) is 1.77. The molecule has 16 heavy (non-hydrogen) atoms. The minimum Gasteiger partial charge on any atom is -0.303 e. The molecule has 4 bridgehead atoms. The van der Waals surface area contributed by atoms with Crippen LogP contribution in [-0.2, 0) is 0 Å². The van der Waals surface area contributed by atoms with Crippen LogP contribution in [0.15, 0.2) is 0 Å². The molecule has 0 aromatic carbocycles. The average molecular weight is 240 g/mol. The van der Waals surface area contributed by atoms with Crippen LogP contribution in [0.2, 0.25) is 0 Å². The molecule has 0 spiro atoms. The standard InChI is InChI=1S/C13H24N2S/c1-3-14-8-12-7-13(9-14)11-15(10-12)4-2-6-16-5-1/h12-13H,1-11H2. The van der Waals surface area contributed by atoms with Crippen molar-refractivity contribution in [2.75, 3.05) is 50.8 Å². The van der Waals surface area contributed by atoms with E-state index in [9.17, 15) is 0 Å². The van der Waals surface area contributed by atoms with Crippen molar-refractivity contribution in [2.45, 2.75) is 19.3 Å². The molecule has 4 aliphatic rings. The van der Waals surface area contributed by atoms with Gasteiger partial charge in [0, 0.05) is 26.2 Å². The summed E-state index contributed by atoms with van der Waals surface area (Å²) in [4.78, 5) is 5.50. The second kappa shape index (κ2) is 5.28. The molecular weight excluding hydrogens is 216 g/mol. The molecule has 4 saturated heterocycles. The van der Waals surface area contributed by atoms with Gasteiger partial charge in [0.15, 0.2) is 0 Å². The summed E-state index contributed by atoms with van der Waals surface area (Å²) in [6, 6.07) is 0. The van der Waals surface area contributed by atoms with Crippen molar-refractivity contribution in [3.63, 3.8) is 0 Å². The number of hydrogen-bond acceptors (Lipinski definition) is 3. The van der Waals surface area contributed by atoms with Crippen molar-refractivity contribution in [3.05, 3.63) is 0 Å². The maximum absolute atomic E-state index is 2.75. The van der Waals surface area contributed by atoms with Crippen LogP contribution in [0.3, 0.4) is 0 Å². The van der Waals surface area contributed by atoms with Crippen LogP contribution in [0.25, 0.3) is 0 Å². The van der Waals surface area contributed by atoms with Gasteiger partial charge in [0.1, 0.15) is 0 Å². The van der Waals surface area contributed by atoms with Gasteiger partial charge in [-0.2, -0.15) is 11.8 Å². The van der Waals surface area contributed by atoms with Crippen LogP contribution >= 0.6 is 11.8 Å². The van der Waals surface area contributed by atoms with E-state index in [2.05, 4.69) is 21.6 Å². The highest BCUT2D eigenvalue weighted by molar-refractivity contribution is 7.99. The molecule has 0 saturated carbocycles. The number of piperidine rings is 2. The van der Waals surface area contributed by atoms with Crippen molar-refractivity contribution < 1.29 is 0 Å². The number of thioether (sulfide) groups is 1. The zero-order valence-electron chi connectivity index (χ0n) is 10.2. The van der Waals surface area contributed by atoms with E-state index < -0.39 is 0 Å². The van der Waals surface area contributed by atoms with Gasteiger partial charge in [0.2, 0.25) is 0 Å². The van der Waals surface area contributed by atoms with Crippen molar-refractivity contribution in [1.29, 1.82) is 0 Å². The fraction of sp³-hybridized carbons (Fsp3) is 1.00. The lowest BCUT2D eigenvalue weighted by atomic mass is 9.84. The van der Waals surface area contributed by atoms with E-state index in [0.29, 0.717) is 0 Å². The molecular formula is C13H24N2S. The van der Waals surface area contributed by atoms with Gasteiger partial charge in [-0.05, 0) is 55.7 Å². The number of nitrogens with zero attached hydrogens (tertiary/aromatic N) is 2. The van der Waals surface area contributed by atoms with E-state index in [0.717, 1.165) is 11.8 Å². The first-order chi connectivity index (χ1) is 7.90. The van der Waals surface area contributed by atoms with Gasteiger partial charge in [0.05, 0.1) is 0 Å². The summed E-state index contributed by atoms with van der Waals surface area (Å²) in [5, 5.41) is 0. The molecule has 4 heterocycles. The normalized spacial score (nSPS) is 45.0. The lowest BCUT2D eigenvalue weighted by Crippen LogP contribution is -2.53. The summed E-state index contributed by atoms with van der Waals surface area (Å²) in [7, 11) is 0. The van der Waals surface area contributed by atoms with Crippen molar-refractivity contribution >= 4 is 11.8 Å². The van der Waals surface area contributed by atoms with Gasteiger partial charge in [-0.1, -0.05) is 0 Å². The van der Waals surface area contributed by atoms with E-state index in [1.165, 1.54) is 70.0 Å². The Hall–Kier alpha value is 0.270. The van der Waals surface area contributed by atoms with E-state index in [4.69, 9.17) is 0 Å². The topological polar surface area (TPSA) is 6.48 Å². The number of fused-ring (bicyclic) bond motifs is 6. The molecule has 0 unspecified atom stereocenters. The van der Waals surface area contributed by atoms with Crippen molar-refractivity contribution in [3.8, 4) is 0 Å². The van der Waals surface area contributed by atoms with E-state index in [1.54, 1.807) is 0 Å². The molecule has 0 amide bonds. The van der Waals surface area contributed by atoms with Gasteiger partial charge in [-0.15, -0.1) is 0 Å². The maximum Gasteiger partial charge on any atom is 0.00221 e. The third kappa shape index (κ3) is 2.74. The first-order valence-electron chi connectivity index (χ1n) is 6.92. The zero-order valence-corrected chi connectivity index (χ0v) is 11.1. The highest BCUT2D eigenvalue weighted by Gasteiger charge is 2.33. The minimum atomic E-state index is 0.986. The van der Waals surface area contributed by atoms with Crippen molar-refractivity contribution in [2.24, 2.45) is 11.8 Å². The molecule has 4 rings (SSSR count). The van der Waals surface area contributed by atoms with Gasteiger partial charge in [-0.3, -0.25) is 0 Å². The third-order valence-electron chi connectivity index (χ3n) is 4.26. The molecule has 0 aromatic rings. The Morgan fingerprint density at radius 1 is 0.750 bits per heavy atom. The molecule has 92 valence electrons. The van der Waals surface area contributed by atoms with Crippen LogP contribution in [0.4, 0.5) is 0 Å². The monoisotopic (exact) mass is 240 g/mol. The Kier molecular flexibility index (Phi) is 3.75. The Balaban J connectivity index is 1.65. The van der Waals surface area contributed by atoms with Gasteiger partial charge in [0.25, 0.3) is 0 Å². The third-order valence-corrected chi connectivity index (χ3v) is 5.41. The molecule has 0 aromatic heterocycles. The second-order valence-corrected chi connectivity index (χ2v) is 7.03. The van der Waals surface area contributed by atoms with Crippen LogP contribution in [0.5, 0.6) is 0 Å². The molecule has 3 heteroatoms. The Labute approximate surface area is 104 Å². The highest BCUT2D eigenvalue weighted by atomic mass is 32.2. The summed E-state index contributed by atoms with van der Waals surface area (Å²) in [5.74, 6) is 4.73. The van der Waals surface area contributed by atoms with Gasteiger partial charge < -0.3 is 9.80 Å². The Morgan fingerprint density at radius 3 is 1.75 bits per heavy atom. The summed E-state index contributed by atoms with van der Waals surface area (Å²) >= 11 is 2.17. The molecule has 2 nitrogen and oxygen atoms in total. The maximum atomic E-state index is 2.75. The number of rotatable bonds is 0. The van der Waals surface area contributed by atoms with Gasteiger partial charge in [-0.25, -0.2) is 0 Å². The van der Waals surface area contributed by atoms with Crippen LogP contribution in [-0.4, -0.2) is 60.6 Å². The molecule has 4 aliphatic heterocycles. The summed E-state index contributed by atoms with van der Waals surface area (Å²) < 4.78 is 0. The molecule has 0 aliphatic carbocycles. The SMILES string of the molecule is C1CSCCCN2CC3CC(CN(C1)C3)C2. The first-order valence-corrected chi connectivity index (χ1v) is 8.08. The highest BCUT2D eigenvalue weighted by Crippen LogP contribution is 2.29. The summed E-state index contributed by atoms with van der Waals surface area (Å²) in [6.45, 7) is 8.27. The van der Waals surface area contributed by atoms with Gasteiger partial charge >= 0.3 is 0 Å². The lowest BCUT2D eigenvalue weighted by molar-refractivity contribution is 0.0315. The summed E-state index contributed by atoms with van der Waals surface area (Å²) in [6.07, 6.45) is 4.34. The van der Waals surface area contributed by atoms with E-state index >= 15 is 0 Å². The predicted molar refractivity (Wildman–Crippen MR) is 71.0 cm³/mol. The van der Waals surface area contributed by atoms with Crippen LogP contribution in [0, 0.1) is 11.8 Å². The summed E-state index contributed by atoms with van der Waals surface area (Å²) in [5.41, 5.74) is 0. The fourth-order valence-electron chi connectivity index (χ4n) is 3.74. The number of hydrogen-bond donors (Lipinski definition) is 0. The molecule has 0 radical (unpaired) electrons. The molecule has 0 N–H and O–H groups in total. The fourth-order valence-corrected chi connectivity index (χ4v) is 4.61. The largest absolute Gasteiger partial charge is 0.303 e. The average Bonchev–Trinajstić information content (AvgIpc) is 2.25.